The van der Waals surface area contributed by atoms with Crippen LogP contribution in [-0.4, -0.2) is 30.6 Å². The third kappa shape index (κ3) is 5.39. The van der Waals surface area contributed by atoms with E-state index >= 15 is 0 Å². The normalized spacial score (nSPS) is 17.2. The van der Waals surface area contributed by atoms with Gasteiger partial charge in [-0.2, -0.15) is 0 Å². The lowest BCUT2D eigenvalue weighted by Gasteiger charge is -2.31. The summed E-state index contributed by atoms with van der Waals surface area (Å²) in [5.74, 6) is 0. The molecule has 2 atom stereocenters. The van der Waals surface area contributed by atoms with Crippen molar-refractivity contribution in [3.63, 3.8) is 0 Å². The van der Waals surface area contributed by atoms with Gasteiger partial charge >= 0.3 is 0 Å². The van der Waals surface area contributed by atoms with Crippen molar-refractivity contribution in [2.24, 2.45) is 5.73 Å². The van der Waals surface area contributed by atoms with Crippen LogP contribution >= 0.6 is 19.0 Å². The minimum absolute atomic E-state index is 0.0160. The van der Waals surface area contributed by atoms with Crippen LogP contribution in [0.25, 0.3) is 0 Å². The minimum Gasteiger partial charge on any atom is -0.383 e. The van der Waals surface area contributed by atoms with E-state index in [0.717, 1.165) is 12.8 Å². The number of unbranched alkanes of at least 4 members (excludes halogenated alkanes) is 1. The third-order valence-corrected chi connectivity index (χ3v) is 6.42. The quantitative estimate of drug-likeness (QED) is 0.677. The molecule has 0 aliphatic heterocycles. The molecule has 0 saturated carbocycles. The summed E-state index contributed by atoms with van der Waals surface area (Å²) in [5.41, 5.74) is 5.01. The largest absolute Gasteiger partial charge is 0.383 e. The zero-order valence-electron chi connectivity index (χ0n) is 12.7. The summed E-state index contributed by atoms with van der Waals surface area (Å²) in [6, 6.07) is 6.81. The van der Waals surface area contributed by atoms with Crippen molar-refractivity contribution in [2.45, 2.75) is 32.3 Å². The molecule has 6 heteroatoms. The number of rotatable bonds is 9. The van der Waals surface area contributed by atoms with Gasteiger partial charge in [0.25, 0.3) is 0 Å². The van der Waals surface area contributed by atoms with Crippen LogP contribution in [0.3, 0.4) is 0 Å². The summed E-state index contributed by atoms with van der Waals surface area (Å²) in [4.78, 5) is 0. The molecule has 0 spiro atoms. The first-order valence-corrected chi connectivity index (χ1v) is 9.67. The van der Waals surface area contributed by atoms with Gasteiger partial charge in [0.15, 0.2) is 0 Å². The highest BCUT2D eigenvalue weighted by Crippen LogP contribution is 2.51. The van der Waals surface area contributed by atoms with Crippen molar-refractivity contribution in [3.05, 3.63) is 34.9 Å². The highest BCUT2D eigenvalue weighted by atomic mass is 35.5. The fourth-order valence-electron chi connectivity index (χ4n) is 2.26. The van der Waals surface area contributed by atoms with Gasteiger partial charge in [-0.05, 0) is 31.0 Å². The van der Waals surface area contributed by atoms with Crippen LogP contribution in [0.1, 0.15) is 32.3 Å². The Balaban J connectivity index is 3.00. The van der Waals surface area contributed by atoms with Gasteiger partial charge in [-0.1, -0.05) is 37.1 Å². The molecule has 1 aromatic carbocycles. The second kappa shape index (κ2) is 8.30. The van der Waals surface area contributed by atoms with E-state index in [1.807, 2.05) is 13.8 Å². The van der Waals surface area contributed by atoms with Crippen molar-refractivity contribution in [1.29, 1.82) is 0 Å². The highest BCUT2D eigenvalue weighted by Gasteiger charge is 2.37. The van der Waals surface area contributed by atoms with Crippen molar-refractivity contribution >= 4 is 19.0 Å². The Bertz CT molecular complexity index is 480. The maximum atomic E-state index is 12.9. The molecule has 3 N–H and O–H groups in total. The Morgan fingerprint density at radius 2 is 1.95 bits per heavy atom. The van der Waals surface area contributed by atoms with Gasteiger partial charge in [0.1, 0.15) is 5.60 Å². The van der Waals surface area contributed by atoms with Gasteiger partial charge < -0.3 is 15.4 Å². The Morgan fingerprint density at radius 1 is 1.33 bits per heavy atom. The van der Waals surface area contributed by atoms with Crippen LogP contribution in [0.4, 0.5) is 0 Å². The molecular weight excluding hydrogens is 309 g/mol. The second-order valence-electron chi connectivity index (χ2n) is 5.21. The van der Waals surface area contributed by atoms with E-state index in [4.69, 9.17) is 21.9 Å². The van der Waals surface area contributed by atoms with Gasteiger partial charge in [-0.3, -0.25) is 4.57 Å². The second-order valence-corrected chi connectivity index (χ2v) is 8.30. The van der Waals surface area contributed by atoms with Crippen LogP contribution in [0.5, 0.6) is 0 Å². The molecule has 0 radical (unpaired) electrons. The molecule has 0 amide bonds. The molecule has 1 aromatic rings. The monoisotopic (exact) mass is 333 g/mol. The predicted octanol–water partition coefficient (Wildman–Crippen LogP) is 3.60. The zero-order valence-corrected chi connectivity index (χ0v) is 14.4. The van der Waals surface area contributed by atoms with Crippen LogP contribution in [0.15, 0.2) is 24.3 Å². The standard InChI is InChI=1S/C15H25ClNO3P/c1-3-5-10-21(19,20-4-2)12-15(18,11-17)13-6-8-14(16)9-7-13/h6-9,18H,3-5,10-12,17H2,1-2H3. The summed E-state index contributed by atoms with van der Waals surface area (Å²) in [7, 11) is -2.91. The van der Waals surface area contributed by atoms with Crippen molar-refractivity contribution in [1.82, 2.24) is 0 Å². The maximum absolute atomic E-state index is 12.9. The lowest BCUT2D eigenvalue weighted by molar-refractivity contribution is 0.0665. The molecule has 0 heterocycles. The van der Waals surface area contributed by atoms with E-state index in [0.29, 0.717) is 23.4 Å². The van der Waals surface area contributed by atoms with E-state index in [2.05, 4.69) is 0 Å². The molecular formula is C15H25ClNO3P. The van der Waals surface area contributed by atoms with Gasteiger partial charge in [0.05, 0.1) is 12.8 Å². The lowest BCUT2D eigenvalue weighted by atomic mass is 9.96. The molecule has 21 heavy (non-hydrogen) atoms. The van der Waals surface area contributed by atoms with Gasteiger partial charge in [-0.15, -0.1) is 0 Å². The average Bonchev–Trinajstić information content (AvgIpc) is 2.46. The summed E-state index contributed by atoms with van der Waals surface area (Å²) in [5, 5.41) is 11.4. The Morgan fingerprint density at radius 3 is 2.43 bits per heavy atom. The number of benzene rings is 1. The topological polar surface area (TPSA) is 72.5 Å². The van der Waals surface area contributed by atoms with E-state index in [-0.39, 0.29) is 12.7 Å². The molecule has 2 unspecified atom stereocenters. The number of hydrogen-bond acceptors (Lipinski definition) is 4. The molecule has 0 saturated heterocycles. The fraction of sp³-hybridized carbons (Fsp3) is 0.600. The van der Waals surface area contributed by atoms with Crippen LogP contribution in [0.2, 0.25) is 5.02 Å². The first-order chi connectivity index (χ1) is 9.89. The SMILES string of the molecule is CCCCP(=O)(CC(O)(CN)c1ccc(Cl)cc1)OCC. The number of aliphatic hydroxyl groups is 1. The molecule has 0 aliphatic carbocycles. The van der Waals surface area contributed by atoms with E-state index < -0.39 is 13.0 Å². The summed E-state index contributed by atoms with van der Waals surface area (Å²) in [6.07, 6.45) is 2.23. The molecule has 120 valence electrons. The highest BCUT2D eigenvalue weighted by molar-refractivity contribution is 7.59. The molecule has 0 bridgehead atoms. The van der Waals surface area contributed by atoms with E-state index in [9.17, 15) is 9.67 Å². The van der Waals surface area contributed by atoms with Crippen molar-refractivity contribution in [2.75, 3.05) is 25.5 Å². The van der Waals surface area contributed by atoms with Gasteiger partial charge in [0, 0.05) is 17.7 Å². The first kappa shape index (κ1) is 18.7. The number of hydrogen-bond donors (Lipinski definition) is 2. The lowest BCUT2D eigenvalue weighted by Crippen LogP contribution is -2.39. The van der Waals surface area contributed by atoms with Crippen LogP contribution in [0, 0.1) is 0 Å². The Hall–Kier alpha value is -0.380. The molecule has 0 aliphatic rings. The van der Waals surface area contributed by atoms with Crippen LogP contribution < -0.4 is 5.73 Å². The molecule has 1 rings (SSSR count). The molecule has 0 aromatic heterocycles. The van der Waals surface area contributed by atoms with Gasteiger partial charge in [0.2, 0.25) is 7.37 Å². The Kier molecular flexibility index (Phi) is 7.38. The fourth-order valence-corrected chi connectivity index (χ4v) is 5.14. The Labute approximate surface area is 132 Å². The maximum Gasteiger partial charge on any atom is 0.206 e. The number of halogens is 1. The van der Waals surface area contributed by atoms with Crippen molar-refractivity contribution in [3.8, 4) is 0 Å². The third-order valence-electron chi connectivity index (χ3n) is 3.44. The molecule has 0 fully saturated rings. The van der Waals surface area contributed by atoms with Crippen LogP contribution in [-0.2, 0) is 14.7 Å². The van der Waals surface area contributed by atoms with Gasteiger partial charge in [-0.25, -0.2) is 0 Å². The molecule has 4 nitrogen and oxygen atoms in total. The van der Waals surface area contributed by atoms with Crippen molar-refractivity contribution < 1.29 is 14.2 Å². The number of nitrogens with two attached hydrogens (primary N) is 1. The minimum atomic E-state index is -2.91. The summed E-state index contributed by atoms with van der Waals surface area (Å²) >= 11 is 5.86. The summed E-state index contributed by atoms with van der Waals surface area (Å²) < 4.78 is 18.4. The first-order valence-electron chi connectivity index (χ1n) is 7.30. The zero-order chi connectivity index (χ0) is 15.9. The van der Waals surface area contributed by atoms with E-state index in [1.165, 1.54) is 0 Å². The predicted molar refractivity (Wildman–Crippen MR) is 88.3 cm³/mol. The summed E-state index contributed by atoms with van der Waals surface area (Å²) in [6.45, 7) is 4.19. The van der Waals surface area contributed by atoms with E-state index in [1.54, 1.807) is 24.3 Å². The average molecular weight is 334 g/mol. The smallest absolute Gasteiger partial charge is 0.206 e.